The molecular weight excluding hydrogens is 324 g/mol. The van der Waals surface area contributed by atoms with Crippen LogP contribution >= 0.6 is 0 Å². The van der Waals surface area contributed by atoms with Crippen LogP contribution in [0.2, 0.25) is 0 Å². The van der Waals surface area contributed by atoms with Crippen LogP contribution in [0.3, 0.4) is 0 Å². The second-order valence-electron chi connectivity index (χ2n) is 6.89. The van der Waals surface area contributed by atoms with Gasteiger partial charge in [0.2, 0.25) is 0 Å². The minimum absolute atomic E-state index is 0.0367. The predicted octanol–water partition coefficient (Wildman–Crippen LogP) is 3.61. The van der Waals surface area contributed by atoms with Gasteiger partial charge in [-0.25, -0.2) is 4.98 Å². The molecule has 1 saturated heterocycles. The molecule has 2 aromatic heterocycles. The molecule has 0 unspecified atom stereocenters. The Hall–Kier alpha value is -2.82. The van der Waals surface area contributed by atoms with Crippen molar-refractivity contribution >= 4 is 17.0 Å². The number of hydrogen-bond donors (Lipinski definition) is 1. The summed E-state index contributed by atoms with van der Waals surface area (Å²) >= 11 is 0. The van der Waals surface area contributed by atoms with E-state index in [1.54, 1.807) is 10.5 Å². The van der Waals surface area contributed by atoms with Gasteiger partial charge in [0.15, 0.2) is 0 Å². The SMILES string of the molecule is Cc1cccc2nc(CNc3ccc(N4CCCCC4)cc3)cc(=O)n12. The Morgan fingerprint density at radius 1 is 1.04 bits per heavy atom. The van der Waals surface area contributed by atoms with E-state index in [-0.39, 0.29) is 5.56 Å². The number of rotatable bonds is 4. The second-order valence-corrected chi connectivity index (χ2v) is 6.89. The van der Waals surface area contributed by atoms with Gasteiger partial charge in [-0.3, -0.25) is 9.20 Å². The maximum absolute atomic E-state index is 12.3. The van der Waals surface area contributed by atoms with Gasteiger partial charge in [0.05, 0.1) is 12.2 Å². The van der Waals surface area contributed by atoms with Crippen molar-refractivity contribution < 1.29 is 0 Å². The first-order chi connectivity index (χ1) is 12.7. The topological polar surface area (TPSA) is 49.6 Å². The predicted molar refractivity (Wildman–Crippen MR) is 106 cm³/mol. The summed E-state index contributed by atoms with van der Waals surface area (Å²) in [4.78, 5) is 19.4. The number of anilines is 2. The zero-order valence-electron chi connectivity index (χ0n) is 15.1. The number of aryl methyl sites for hydroxylation is 1. The van der Waals surface area contributed by atoms with E-state index in [4.69, 9.17) is 0 Å². The number of fused-ring (bicyclic) bond motifs is 1. The van der Waals surface area contributed by atoms with Crippen LogP contribution in [0.1, 0.15) is 30.7 Å². The van der Waals surface area contributed by atoms with Crippen molar-refractivity contribution in [2.24, 2.45) is 0 Å². The van der Waals surface area contributed by atoms with E-state index in [9.17, 15) is 4.79 Å². The van der Waals surface area contributed by atoms with Crippen LogP contribution in [-0.2, 0) is 6.54 Å². The van der Waals surface area contributed by atoms with Crippen molar-refractivity contribution in [1.82, 2.24) is 9.38 Å². The number of nitrogens with zero attached hydrogens (tertiary/aromatic N) is 3. The summed E-state index contributed by atoms with van der Waals surface area (Å²) in [6.45, 7) is 4.74. The van der Waals surface area contributed by atoms with Crippen molar-refractivity contribution in [3.8, 4) is 0 Å². The highest BCUT2D eigenvalue weighted by Crippen LogP contribution is 2.22. The fourth-order valence-corrected chi connectivity index (χ4v) is 3.59. The summed E-state index contributed by atoms with van der Waals surface area (Å²) in [5.41, 5.74) is 4.62. The molecule has 4 rings (SSSR count). The molecule has 1 aliphatic heterocycles. The zero-order chi connectivity index (χ0) is 17.9. The van der Waals surface area contributed by atoms with E-state index in [0.29, 0.717) is 12.2 Å². The Morgan fingerprint density at radius 2 is 1.81 bits per heavy atom. The maximum Gasteiger partial charge on any atom is 0.258 e. The van der Waals surface area contributed by atoms with E-state index < -0.39 is 0 Å². The average molecular weight is 348 g/mol. The van der Waals surface area contributed by atoms with Gasteiger partial charge in [0.25, 0.3) is 5.56 Å². The summed E-state index contributed by atoms with van der Waals surface area (Å²) in [6, 6.07) is 15.8. The van der Waals surface area contributed by atoms with E-state index >= 15 is 0 Å². The fourth-order valence-electron chi connectivity index (χ4n) is 3.59. The van der Waals surface area contributed by atoms with Gasteiger partial charge < -0.3 is 10.2 Å². The lowest BCUT2D eigenvalue weighted by Gasteiger charge is -2.28. The minimum Gasteiger partial charge on any atom is -0.379 e. The molecule has 5 heteroatoms. The van der Waals surface area contributed by atoms with Crippen LogP contribution in [0.4, 0.5) is 11.4 Å². The summed E-state index contributed by atoms with van der Waals surface area (Å²) in [5, 5.41) is 3.37. The lowest BCUT2D eigenvalue weighted by atomic mass is 10.1. The summed E-state index contributed by atoms with van der Waals surface area (Å²) in [7, 11) is 0. The van der Waals surface area contributed by atoms with Gasteiger partial charge in [-0.15, -0.1) is 0 Å². The van der Waals surface area contributed by atoms with E-state index in [1.165, 1.54) is 24.9 Å². The lowest BCUT2D eigenvalue weighted by Crippen LogP contribution is -2.29. The molecule has 0 aliphatic carbocycles. The normalized spacial score (nSPS) is 14.6. The molecule has 1 N–H and O–H groups in total. The van der Waals surface area contributed by atoms with Gasteiger partial charge in [-0.05, 0) is 62.6 Å². The molecule has 0 spiro atoms. The van der Waals surface area contributed by atoms with Crippen LogP contribution in [-0.4, -0.2) is 22.5 Å². The number of hydrogen-bond acceptors (Lipinski definition) is 4. The highest BCUT2D eigenvalue weighted by atomic mass is 16.1. The smallest absolute Gasteiger partial charge is 0.258 e. The fraction of sp³-hybridized carbons (Fsp3) is 0.333. The van der Waals surface area contributed by atoms with Crippen LogP contribution in [0.15, 0.2) is 53.3 Å². The van der Waals surface area contributed by atoms with E-state index in [0.717, 1.165) is 30.2 Å². The molecular formula is C21H24N4O. The third kappa shape index (κ3) is 3.43. The average Bonchev–Trinajstić information content (AvgIpc) is 2.67. The molecule has 0 amide bonds. The van der Waals surface area contributed by atoms with Gasteiger partial charge in [-0.1, -0.05) is 6.07 Å². The van der Waals surface area contributed by atoms with Crippen molar-refractivity contribution in [1.29, 1.82) is 0 Å². The Kier molecular flexibility index (Phi) is 4.61. The number of pyridine rings is 1. The number of piperidine rings is 1. The van der Waals surface area contributed by atoms with Crippen LogP contribution in [0.5, 0.6) is 0 Å². The monoisotopic (exact) mass is 348 g/mol. The highest BCUT2D eigenvalue weighted by Gasteiger charge is 2.10. The van der Waals surface area contributed by atoms with Crippen LogP contribution < -0.4 is 15.8 Å². The Balaban J connectivity index is 1.47. The zero-order valence-corrected chi connectivity index (χ0v) is 15.1. The molecule has 3 aromatic rings. The van der Waals surface area contributed by atoms with Gasteiger partial charge in [0, 0.05) is 36.2 Å². The highest BCUT2D eigenvalue weighted by molar-refractivity contribution is 5.55. The van der Waals surface area contributed by atoms with Crippen LogP contribution in [0.25, 0.3) is 5.65 Å². The van der Waals surface area contributed by atoms with Crippen molar-refractivity contribution in [3.63, 3.8) is 0 Å². The van der Waals surface area contributed by atoms with Gasteiger partial charge in [0.1, 0.15) is 5.65 Å². The lowest BCUT2D eigenvalue weighted by molar-refractivity contribution is 0.578. The molecule has 0 atom stereocenters. The molecule has 3 heterocycles. The molecule has 26 heavy (non-hydrogen) atoms. The Bertz CT molecular complexity index is 956. The van der Waals surface area contributed by atoms with Crippen LogP contribution in [0, 0.1) is 6.92 Å². The van der Waals surface area contributed by atoms with Gasteiger partial charge in [-0.2, -0.15) is 0 Å². The summed E-state index contributed by atoms with van der Waals surface area (Å²) in [5.74, 6) is 0. The van der Waals surface area contributed by atoms with Crippen molar-refractivity contribution in [2.75, 3.05) is 23.3 Å². The molecule has 1 fully saturated rings. The maximum atomic E-state index is 12.3. The Labute approximate surface area is 153 Å². The quantitative estimate of drug-likeness (QED) is 0.783. The minimum atomic E-state index is -0.0367. The van der Waals surface area contributed by atoms with Gasteiger partial charge >= 0.3 is 0 Å². The number of benzene rings is 1. The first-order valence-corrected chi connectivity index (χ1v) is 9.28. The number of nitrogens with one attached hydrogen (secondary N) is 1. The first kappa shape index (κ1) is 16.6. The molecule has 5 nitrogen and oxygen atoms in total. The first-order valence-electron chi connectivity index (χ1n) is 9.28. The summed E-state index contributed by atoms with van der Waals surface area (Å²) < 4.78 is 1.64. The molecule has 0 radical (unpaired) electrons. The largest absolute Gasteiger partial charge is 0.379 e. The molecule has 0 saturated carbocycles. The standard InChI is InChI=1S/C21H24N4O/c1-16-6-5-7-20-23-18(14-21(26)25(16)20)15-22-17-8-10-19(11-9-17)24-12-3-2-4-13-24/h5-11,14,22H,2-4,12-13,15H2,1H3. The number of aromatic nitrogens is 2. The third-order valence-corrected chi connectivity index (χ3v) is 5.00. The molecule has 1 aromatic carbocycles. The van der Waals surface area contributed by atoms with Crippen molar-refractivity contribution in [3.05, 3.63) is 70.3 Å². The molecule has 134 valence electrons. The summed E-state index contributed by atoms with van der Waals surface area (Å²) in [6.07, 6.45) is 3.90. The second kappa shape index (κ2) is 7.20. The third-order valence-electron chi connectivity index (χ3n) is 5.00. The Morgan fingerprint density at radius 3 is 2.58 bits per heavy atom. The molecule has 0 bridgehead atoms. The molecule has 1 aliphatic rings. The van der Waals surface area contributed by atoms with E-state index in [1.807, 2.05) is 25.1 Å². The van der Waals surface area contributed by atoms with E-state index in [2.05, 4.69) is 39.5 Å². The van der Waals surface area contributed by atoms with Crippen molar-refractivity contribution in [2.45, 2.75) is 32.7 Å².